The first-order valence-electron chi connectivity index (χ1n) is 7.76. The molecule has 0 bridgehead atoms. The topological polar surface area (TPSA) is 76.1 Å². The molecule has 2 aromatic heterocycles. The largest absolute Gasteiger partial charge is 0.479 e. The first-order chi connectivity index (χ1) is 11.2. The summed E-state index contributed by atoms with van der Waals surface area (Å²) in [6.45, 7) is 3.80. The Kier molecular flexibility index (Phi) is 5.19. The van der Waals surface area contributed by atoms with Gasteiger partial charge >= 0.3 is 0 Å². The summed E-state index contributed by atoms with van der Waals surface area (Å²) < 4.78 is 5.57. The quantitative estimate of drug-likeness (QED) is 0.879. The van der Waals surface area contributed by atoms with E-state index in [1.54, 1.807) is 42.8 Å². The Morgan fingerprint density at radius 3 is 3.00 bits per heavy atom. The molecule has 1 unspecified atom stereocenters. The maximum Gasteiger partial charge on any atom is 0.266 e. The van der Waals surface area contributed by atoms with Gasteiger partial charge in [0.2, 0.25) is 0 Å². The smallest absolute Gasteiger partial charge is 0.266 e. The van der Waals surface area contributed by atoms with Crippen LogP contribution < -0.4 is 15.4 Å². The van der Waals surface area contributed by atoms with Crippen LogP contribution in [0.15, 0.2) is 30.7 Å². The summed E-state index contributed by atoms with van der Waals surface area (Å²) in [5, 5.41) is 6.81. The number of hydrogen-bond acceptors (Lipinski definition) is 6. The fourth-order valence-electron chi connectivity index (χ4n) is 2.52. The van der Waals surface area contributed by atoms with E-state index in [9.17, 15) is 4.79 Å². The predicted octanol–water partition coefficient (Wildman–Crippen LogP) is 2.41. The predicted molar refractivity (Wildman–Crippen MR) is 89.9 cm³/mol. The second-order valence-electron chi connectivity index (χ2n) is 5.53. The maximum absolute atomic E-state index is 12.2. The van der Waals surface area contributed by atoms with Crippen LogP contribution in [0.3, 0.4) is 0 Å². The molecule has 1 saturated heterocycles. The maximum atomic E-state index is 12.2. The fourth-order valence-corrected chi connectivity index (χ4v) is 3.51. The molecule has 6 nitrogen and oxygen atoms in total. The zero-order valence-corrected chi connectivity index (χ0v) is 13.8. The van der Waals surface area contributed by atoms with E-state index >= 15 is 0 Å². The number of pyridine rings is 1. The van der Waals surface area contributed by atoms with Crippen molar-refractivity contribution in [3.63, 3.8) is 0 Å². The molecule has 0 saturated carbocycles. The number of anilines is 1. The summed E-state index contributed by atoms with van der Waals surface area (Å²) in [5.41, 5.74) is 0. The normalized spacial score (nSPS) is 16.7. The lowest BCUT2D eigenvalue weighted by Crippen LogP contribution is -2.30. The van der Waals surface area contributed by atoms with Crippen LogP contribution in [-0.2, 0) is 4.79 Å². The van der Waals surface area contributed by atoms with Crippen LogP contribution in [0.4, 0.5) is 5.13 Å². The molecule has 2 N–H and O–H groups in total. The van der Waals surface area contributed by atoms with Crippen molar-refractivity contribution >= 4 is 22.4 Å². The second-order valence-corrected chi connectivity index (χ2v) is 6.59. The number of nitrogens with one attached hydrogen (secondary N) is 2. The van der Waals surface area contributed by atoms with Gasteiger partial charge in [-0.2, -0.15) is 0 Å². The molecule has 3 rings (SSSR count). The standard InChI is InChI=1S/C16H20N4O2S/c1-11(22-13-3-2-6-18-9-13)15(21)20-16-19-10-14(23-16)12-4-7-17-8-5-12/h2-3,6,9-12,17H,4-5,7-8H2,1H3,(H,19,20,21). The average molecular weight is 332 g/mol. The minimum Gasteiger partial charge on any atom is -0.479 e. The van der Waals surface area contributed by atoms with Gasteiger partial charge in [0, 0.05) is 17.3 Å². The summed E-state index contributed by atoms with van der Waals surface area (Å²) >= 11 is 1.55. The van der Waals surface area contributed by atoms with Crippen LogP contribution in [0.2, 0.25) is 0 Å². The van der Waals surface area contributed by atoms with Gasteiger partial charge < -0.3 is 10.1 Å². The van der Waals surface area contributed by atoms with Crippen molar-refractivity contribution in [3.05, 3.63) is 35.6 Å². The number of ether oxygens (including phenoxy) is 1. The lowest BCUT2D eigenvalue weighted by molar-refractivity contribution is -0.122. The van der Waals surface area contributed by atoms with E-state index in [0.717, 1.165) is 25.9 Å². The van der Waals surface area contributed by atoms with Crippen molar-refractivity contribution in [2.24, 2.45) is 0 Å². The number of carbonyl (C=O) groups excluding carboxylic acids is 1. The Morgan fingerprint density at radius 2 is 2.26 bits per heavy atom. The Balaban J connectivity index is 1.56. The van der Waals surface area contributed by atoms with Crippen LogP contribution >= 0.6 is 11.3 Å². The van der Waals surface area contributed by atoms with E-state index in [0.29, 0.717) is 16.8 Å². The molecule has 7 heteroatoms. The van der Waals surface area contributed by atoms with Crippen molar-refractivity contribution in [1.82, 2.24) is 15.3 Å². The van der Waals surface area contributed by atoms with Gasteiger partial charge in [-0.25, -0.2) is 4.98 Å². The summed E-state index contributed by atoms with van der Waals surface area (Å²) in [4.78, 5) is 21.7. The van der Waals surface area contributed by atoms with Crippen LogP contribution in [0.25, 0.3) is 0 Å². The van der Waals surface area contributed by atoms with Gasteiger partial charge in [-0.1, -0.05) is 0 Å². The Hall–Kier alpha value is -1.99. The highest BCUT2D eigenvalue weighted by atomic mass is 32.1. The molecule has 0 aromatic carbocycles. The molecule has 1 amide bonds. The molecule has 1 atom stereocenters. The first kappa shape index (κ1) is 15.9. The summed E-state index contributed by atoms with van der Waals surface area (Å²) in [5.74, 6) is 0.910. The minimum absolute atomic E-state index is 0.208. The summed E-state index contributed by atoms with van der Waals surface area (Å²) in [6.07, 6.45) is 6.76. The van der Waals surface area contributed by atoms with Crippen molar-refractivity contribution in [3.8, 4) is 5.75 Å². The van der Waals surface area contributed by atoms with E-state index in [1.165, 1.54) is 4.88 Å². The number of nitrogens with zero attached hydrogens (tertiary/aromatic N) is 2. The molecule has 0 radical (unpaired) electrons. The van der Waals surface area contributed by atoms with Crippen LogP contribution in [0.1, 0.15) is 30.6 Å². The van der Waals surface area contributed by atoms with Crippen molar-refractivity contribution in [1.29, 1.82) is 0 Å². The number of piperidine rings is 1. The van der Waals surface area contributed by atoms with E-state index < -0.39 is 6.10 Å². The van der Waals surface area contributed by atoms with Crippen molar-refractivity contribution in [2.45, 2.75) is 31.8 Å². The molecule has 1 aliphatic rings. The first-order valence-corrected chi connectivity index (χ1v) is 8.58. The number of amides is 1. The molecule has 1 aliphatic heterocycles. The molecule has 0 spiro atoms. The lowest BCUT2D eigenvalue weighted by Gasteiger charge is -2.20. The molecule has 3 heterocycles. The highest BCUT2D eigenvalue weighted by Gasteiger charge is 2.20. The minimum atomic E-state index is -0.606. The Morgan fingerprint density at radius 1 is 1.43 bits per heavy atom. The third-order valence-electron chi connectivity index (χ3n) is 3.81. The molecule has 2 aromatic rings. The zero-order valence-electron chi connectivity index (χ0n) is 13.0. The van der Waals surface area contributed by atoms with Gasteiger partial charge in [0.15, 0.2) is 11.2 Å². The monoisotopic (exact) mass is 332 g/mol. The lowest BCUT2D eigenvalue weighted by atomic mass is 9.97. The van der Waals surface area contributed by atoms with Crippen molar-refractivity contribution < 1.29 is 9.53 Å². The Labute approximate surface area is 139 Å². The highest BCUT2D eigenvalue weighted by molar-refractivity contribution is 7.15. The SMILES string of the molecule is CC(Oc1cccnc1)C(=O)Nc1ncc(C2CCNCC2)s1. The van der Waals surface area contributed by atoms with Gasteiger partial charge in [-0.3, -0.25) is 15.1 Å². The van der Waals surface area contributed by atoms with Crippen LogP contribution in [0.5, 0.6) is 5.75 Å². The number of aromatic nitrogens is 2. The van der Waals surface area contributed by atoms with Gasteiger partial charge in [0.05, 0.1) is 6.20 Å². The van der Waals surface area contributed by atoms with Gasteiger partial charge in [0.1, 0.15) is 5.75 Å². The molecule has 23 heavy (non-hydrogen) atoms. The Bertz CT molecular complexity index is 641. The summed E-state index contributed by atoms with van der Waals surface area (Å²) in [6, 6.07) is 3.54. The third kappa shape index (κ3) is 4.27. The highest BCUT2D eigenvalue weighted by Crippen LogP contribution is 2.31. The van der Waals surface area contributed by atoms with Crippen LogP contribution in [0, 0.1) is 0 Å². The van der Waals surface area contributed by atoms with E-state index in [4.69, 9.17) is 4.74 Å². The number of carbonyl (C=O) groups is 1. The molecule has 1 fully saturated rings. The molecule has 0 aliphatic carbocycles. The fraction of sp³-hybridized carbons (Fsp3) is 0.438. The second kappa shape index (κ2) is 7.52. The molecular weight excluding hydrogens is 312 g/mol. The van der Waals surface area contributed by atoms with Crippen molar-refractivity contribution in [2.75, 3.05) is 18.4 Å². The van der Waals surface area contributed by atoms with Gasteiger partial charge in [-0.15, -0.1) is 11.3 Å². The van der Waals surface area contributed by atoms with Crippen LogP contribution in [-0.4, -0.2) is 35.1 Å². The average Bonchev–Trinajstić information content (AvgIpc) is 3.05. The number of rotatable bonds is 5. The van der Waals surface area contributed by atoms with E-state index in [-0.39, 0.29) is 5.91 Å². The zero-order chi connectivity index (χ0) is 16.1. The molecular formula is C16H20N4O2S. The van der Waals surface area contributed by atoms with E-state index in [2.05, 4.69) is 20.6 Å². The summed E-state index contributed by atoms with van der Waals surface area (Å²) in [7, 11) is 0. The number of hydrogen-bond donors (Lipinski definition) is 2. The number of thiazole rings is 1. The molecule has 122 valence electrons. The van der Waals surface area contributed by atoms with Gasteiger partial charge in [-0.05, 0) is 50.9 Å². The third-order valence-corrected chi connectivity index (χ3v) is 4.89. The van der Waals surface area contributed by atoms with Gasteiger partial charge in [0.25, 0.3) is 5.91 Å². The van der Waals surface area contributed by atoms with E-state index in [1.807, 2.05) is 6.20 Å².